The monoisotopic (exact) mass is 315 g/mol. The van der Waals surface area contributed by atoms with Crippen molar-refractivity contribution in [3.8, 4) is 0 Å². The minimum Gasteiger partial charge on any atom is -0.366 e. The van der Waals surface area contributed by atoms with Crippen molar-refractivity contribution in [2.24, 2.45) is 0 Å². The molecule has 1 aliphatic rings. The van der Waals surface area contributed by atoms with Gasteiger partial charge in [0, 0.05) is 32.7 Å². The molecule has 1 aliphatic heterocycles. The second-order valence-electron chi connectivity index (χ2n) is 5.18. The fourth-order valence-corrected chi connectivity index (χ4v) is 3.39. The van der Waals surface area contributed by atoms with Crippen LogP contribution in [-0.4, -0.2) is 51.7 Å². The Balaban J connectivity index is 2.16. The molecule has 0 spiro atoms. The molecule has 0 amide bonds. The van der Waals surface area contributed by atoms with Gasteiger partial charge in [-0.15, -0.1) is 0 Å². The van der Waals surface area contributed by atoms with E-state index in [1.807, 2.05) is 17.9 Å². The fourth-order valence-electron chi connectivity index (χ4n) is 2.56. The molecule has 2 rings (SSSR count). The number of para-hydroxylation sites is 1. The number of hydrogen-bond acceptors (Lipinski definition) is 4. The van der Waals surface area contributed by atoms with E-state index >= 15 is 0 Å². The Labute approximate surface area is 125 Å². The van der Waals surface area contributed by atoms with Gasteiger partial charge >= 0.3 is 0 Å². The largest absolute Gasteiger partial charge is 0.366 e. The number of hydrogen-bond donors (Lipinski definition) is 1. The van der Waals surface area contributed by atoms with E-state index in [4.69, 9.17) is 0 Å². The first-order chi connectivity index (χ1) is 9.93. The van der Waals surface area contributed by atoms with Crippen molar-refractivity contribution in [3.05, 3.63) is 29.6 Å². The number of benzene rings is 1. The number of piperazine rings is 1. The summed E-state index contributed by atoms with van der Waals surface area (Å²) in [5.74, 6) is -0.252. The summed E-state index contributed by atoms with van der Waals surface area (Å²) in [6, 6.07) is 5.07. The van der Waals surface area contributed by atoms with Crippen molar-refractivity contribution < 1.29 is 12.8 Å². The third kappa shape index (κ3) is 3.93. The zero-order valence-corrected chi connectivity index (χ0v) is 13.3. The maximum Gasteiger partial charge on any atom is 0.211 e. The topological polar surface area (TPSA) is 52.6 Å². The quantitative estimate of drug-likeness (QED) is 0.881. The molecule has 0 aliphatic carbocycles. The summed E-state index contributed by atoms with van der Waals surface area (Å²) in [6.45, 7) is 5.24. The first kappa shape index (κ1) is 16.2. The van der Waals surface area contributed by atoms with Gasteiger partial charge < -0.3 is 10.2 Å². The van der Waals surface area contributed by atoms with Crippen LogP contribution < -0.4 is 10.2 Å². The van der Waals surface area contributed by atoms with Gasteiger partial charge in [0.25, 0.3) is 0 Å². The summed E-state index contributed by atoms with van der Waals surface area (Å²) in [5.41, 5.74) is 1.50. The summed E-state index contributed by atoms with van der Waals surface area (Å²) < 4.78 is 38.7. The lowest BCUT2D eigenvalue weighted by atomic mass is 10.1. The Bertz CT molecular complexity index is 584. The average molecular weight is 315 g/mol. The summed E-state index contributed by atoms with van der Waals surface area (Å²) >= 11 is 0. The van der Waals surface area contributed by atoms with Crippen molar-refractivity contribution in [1.82, 2.24) is 9.62 Å². The Kier molecular flexibility index (Phi) is 5.18. The number of nitrogens with one attached hydrogen (secondary N) is 1. The van der Waals surface area contributed by atoms with Crippen LogP contribution >= 0.6 is 0 Å². The van der Waals surface area contributed by atoms with E-state index in [9.17, 15) is 12.8 Å². The van der Waals surface area contributed by atoms with Crippen LogP contribution in [0.4, 0.5) is 10.1 Å². The second-order valence-corrected chi connectivity index (χ2v) is 7.16. The van der Waals surface area contributed by atoms with Gasteiger partial charge in [-0.3, -0.25) is 0 Å². The van der Waals surface area contributed by atoms with Crippen molar-refractivity contribution in [1.29, 1.82) is 0 Å². The molecule has 0 saturated carbocycles. The maximum absolute atomic E-state index is 14.2. The van der Waals surface area contributed by atoms with Crippen LogP contribution in [0.25, 0.3) is 0 Å². The van der Waals surface area contributed by atoms with E-state index in [1.54, 1.807) is 6.07 Å². The molecule has 0 radical (unpaired) electrons. The van der Waals surface area contributed by atoms with Gasteiger partial charge in [0.2, 0.25) is 10.0 Å². The van der Waals surface area contributed by atoms with E-state index in [2.05, 4.69) is 5.32 Å². The Hall–Kier alpha value is -1.18. The predicted molar refractivity (Wildman–Crippen MR) is 82.4 cm³/mol. The van der Waals surface area contributed by atoms with Crippen LogP contribution in [0, 0.1) is 5.82 Å². The highest BCUT2D eigenvalue weighted by atomic mass is 32.2. The van der Waals surface area contributed by atoms with Gasteiger partial charge in [0.15, 0.2) is 0 Å². The number of sulfonamides is 1. The molecule has 0 aromatic heterocycles. The van der Waals surface area contributed by atoms with Gasteiger partial charge in [0.05, 0.1) is 11.9 Å². The molecular weight excluding hydrogens is 293 g/mol. The van der Waals surface area contributed by atoms with Crippen LogP contribution in [0.2, 0.25) is 0 Å². The highest BCUT2D eigenvalue weighted by Crippen LogP contribution is 2.26. The van der Waals surface area contributed by atoms with E-state index in [0.29, 0.717) is 38.4 Å². The number of halogens is 1. The summed E-state index contributed by atoms with van der Waals surface area (Å²) in [6.07, 6.45) is 1.21. The highest BCUT2D eigenvalue weighted by molar-refractivity contribution is 7.88. The van der Waals surface area contributed by atoms with Crippen molar-refractivity contribution in [2.75, 3.05) is 43.9 Å². The van der Waals surface area contributed by atoms with Gasteiger partial charge in [0.1, 0.15) is 5.82 Å². The molecule has 1 saturated heterocycles. The normalized spacial score (nSPS) is 17.2. The third-order valence-electron chi connectivity index (χ3n) is 3.66. The summed E-state index contributed by atoms with van der Waals surface area (Å²) in [4.78, 5) is 1.93. The first-order valence-electron chi connectivity index (χ1n) is 7.11. The van der Waals surface area contributed by atoms with Crippen LogP contribution in [0.15, 0.2) is 18.2 Å². The molecule has 1 aromatic carbocycles. The zero-order valence-electron chi connectivity index (χ0n) is 12.5. The van der Waals surface area contributed by atoms with Crippen LogP contribution in [0.5, 0.6) is 0 Å². The first-order valence-corrected chi connectivity index (χ1v) is 8.96. The van der Waals surface area contributed by atoms with E-state index in [-0.39, 0.29) is 5.82 Å². The smallest absolute Gasteiger partial charge is 0.211 e. The van der Waals surface area contributed by atoms with Gasteiger partial charge in [-0.05, 0) is 18.2 Å². The molecule has 1 N–H and O–H groups in total. The Morgan fingerprint density at radius 3 is 2.48 bits per heavy atom. The van der Waals surface area contributed by atoms with Crippen molar-refractivity contribution in [2.45, 2.75) is 13.5 Å². The molecule has 0 atom stereocenters. The van der Waals surface area contributed by atoms with E-state index in [0.717, 1.165) is 12.1 Å². The minimum absolute atomic E-state index is 0.252. The molecule has 0 unspecified atom stereocenters. The predicted octanol–water partition coefficient (Wildman–Crippen LogP) is 1.02. The van der Waals surface area contributed by atoms with Crippen molar-refractivity contribution >= 4 is 15.7 Å². The standard InChI is InChI=1S/C14H22FN3O2S/c1-3-16-11-12-5-4-6-13(15)14(12)17-7-9-18(10-8-17)21(2,19)20/h4-6,16H,3,7-11H2,1-2H3. The van der Waals surface area contributed by atoms with Crippen LogP contribution in [0.3, 0.4) is 0 Å². The molecule has 118 valence electrons. The number of nitrogens with zero attached hydrogens (tertiary/aromatic N) is 2. The minimum atomic E-state index is -3.17. The lowest BCUT2D eigenvalue weighted by Gasteiger charge is -2.36. The van der Waals surface area contributed by atoms with Crippen molar-refractivity contribution in [3.63, 3.8) is 0 Å². The molecular formula is C14H22FN3O2S. The molecule has 7 heteroatoms. The van der Waals surface area contributed by atoms with E-state index in [1.165, 1.54) is 16.6 Å². The number of rotatable bonds is 5. The van der Waals surface area contributed by atoms with Gasteiger partial charge in [-0.2, -0.15) is 4.31 Å². The average Bonchev–Trinajstić information content (AvgIpc) is 2.44. The van der Waals surface area contributed by atoms with Gasteiger partial charge in [-0.25, -0.2) is 12.8 Å². The summed E-state index contributed by atoms with van der Waals surface area (Å²) in [7, 11) is -3.17. The van der Waals surface area contributed by atoms with Gasteiger partial charge in [-0.1, -0.05) is 19.1 Å². The Morgan fingerprint density at radius 1 is 1.24 bits per heavy atom. The molecule has 5 nitrogen and oxygen atoms in total. The highest BCUT2D eigenvalue weighted by Gasteiger charge is 2.25. The van der Waals surface area contributed by atoms with E-state index < -0.39 is 10.0 Å². The SMILES string of the molecule is CCNCc1cccc(F)c1N1CCN(S(C)(=O)=O)CC1. The maximum atomic E-state index is 14.2. The van der Waals surface area contributed by atoms with Crippen LogP contribution in [0.1, 0.15) is 12.5 Å². The van der Waals surface area contributed by atoms with Crippen LogP contribution in [-0.2, 0) is 16.6 Å². The second kappa shape index (κ2) is 6.72. The fraction of sp³-hybridized carbons (Fsp3) is 0.571. The number of anilines is 1. The lowest BCUT2D eigenvalue weighted by molar-refractivity contribution is 0.386. The zero-order chi connectivity index (χ0) is 15.5. The third-order valence-corrected chi connectivity index (χ3v) is 4.96. The molecule has 21 heavy (non-hydrogen) atoms. The lowest BCUT2D eigenvalue weighted by Crippen LogP contribution is -2.48. The molecule has 0 bridgehead atoms. The Morgan fingerprint density at radius 2 is 1.90 bits per heavy atom. The molecule has 1 fully saturated rings. The molecule has 1 aromatic rings. The summed E-state index contributed by atoms with van der Waals surface area (Å²) in [5, 5.41) is 3.20. The molecule has 1 heterocycles.